The predicted molar refractivity (Wildman–Crippen MR) is 117 cm³/mol. The van der Waals surface area contributed by atoms with E-state index in [1.807, 2.05) is 37.8 Å². The minimum atomic E-state index is -0.419. The topological polar surface area (TPSA) is 62.0 Å². The van der Waals surface area contributed by atoms with Crippen molar-refractivity contribution in [2.75, 3.05) is 49.9 Å². The third kappa shape index (κ3) is 4.97. The summed E-state index contributed by atoms with van der Waals surface area (Å²) in [7, 11) is 0. The Balaban J connectivity index is 1.27. The lowest BCUT2D eigenvalue weighted by Crippen LogP contribution is -2.46. The maximum atomic E-state index is 12.3. The van der Waals surface area contributed by atoms with Crippen LogP contribution in [0.25, 0.3) is 0 Å². The highest BCUT2D eigenvalue weighted by Crippen LogP contribution is 2.34. The van der Waals surface area contributed by atoms with Crippen LogP contribution in [0, 0.1) is 11.8 Å². The van der Waals surface area contributed by atoms with Crippen molar-refractivity contribution < 1.29 is 9.53 Å². The zero-order valence-electron chi connectivity index (χ0n) is 18.1. The van der Waals surface area contributed by atoms with Gasteiger partial charge in [0.05, 0.1) is 0 Å². The van der Waals surface area contributed by atoms with Crippen LogP contribution < -0.4 is 10.6 Å². The zero-order valence-corrected chi connectivity index (χ0v) is 18.1. The number of ether oxygens (including phenoxy) is 1. The van der Waals surface area contributed by atoms with Crippen LogP contribution in [-0.2, 0) is 4.74 Å². The van der Waals surface area contributed by atoms with Crippen LogP contribution in [-0.4, -0.2) is 66.8 Å². The van der Waals surface area contributed by atoms with Crippen LogP contribution in [0.15, 0.2) is 24.3 Å². The number of anilines is 2. The van der Waals surface area contributed by atoms with Crippen molar-refractivity contribution in [2.45, 2.75) is 51.7 Å². The zero-order chi connectivity index (χ0) is 20.6. The van der Waals surface area contributed by atoms with Gasteiger partial charge in [0.2, 0.25) is 0 Å². The van der Waals surface area contributed by atoms with E-state index in [0.29, 0.717) is 12.0 Å². The fourth-order valence-electron chi connectivity index (χ4n) is 5.13. The Kier molecular flexibility index (Phi) is 5.65. The Bertz CT molecular complexity index is 707. The molecule has 0 aromatic heterocycles. The summed E-state index contributed by atoms with van der Waals surface area (Å²) in [6.45, 7) is 12.1. The molecule has 1 amide bonds. The van der Waals surface area contributed by atoms with Crippen molar-refractivity contribution in [2.24, 2.45) is 11.8 Å². The molecule has 1 aromatic carbocycles. The molecule has 3 aliphatic rings. The highest BCUT2D eigenvalue weighted by atomic mass is 16.6. The van der Waals surface area contributed by atoms with Crippen molar-refractivity contribution in [3.8, 4) is 0 Å². The molecule has 4 rings (SSSR count). The van der Waals surface area contributed by atoms with Crippen molar-refractivity contribution in [3.63, 3.8) is 0 Å². The molecule has 2 N–H and O–H groups in total. The summed E-state index contributed by atoms with van der Waals surface area (Å²) in [5.41, 5.74) is 7.55. The quantitative estimate of drug-likeness (QED) is 0.788. The van der Waals surface area contributed by atoms with E-state index < -0.39 is 5.60 Å². The molecule has 160 valence electrons. The number of rotatable bonds is 3. The van der Waals surface area contributed by atoms with Gasteiger partial charge in [-0.15, -0.1) is 0 Å². The van der Waals surface area contributed by atoms with E-state index in [0.717, 1.165) is 50.6 Å². The number of hydrogen-bond donors (Lipinski definition) is 1. The van der Waals surface area contributed by atoms with Gasteiger partial charge in [0.25, 0.3) is 0 Å². The molecule has 0 spiro atoms. The Hall–Kier alpha value is -1.95. The molecule has 1 aromatic rings. The van der Waals surface area contributed by atoms with Crippen molar-refractivity contribution in [1.82, 2.24) is 9.80 Å². The Morgan fingerprint density at radius 1 is 1.10 bits per heavy atom. The van der Waals surface area contributed by atoms with E-state index in [1.165, 1.54) is 25.2 Å². The van der Waals surface area contributed by atoms with E-state index in [2.05, 4.69) is 21.9 Å². The lowest BCUT2D eigenvalue weighted by atomic mass is 9.96. The maximum Gasteiger partial charge on any atom is 0.410 e. The molecule has 0 saturated carbocycles. The van der Waals surface area contributed by atoms with E-state index in [-0.39, 0.29) is 6.09 Å². The van der Waals surface area contributed by atoms with Crippen LogP contribution in [0.3, 0.4) is 0 Å². The Morgan fingerprint density at radius 2 is 1.79 bits per heavy atom. The van der Waals surface area contributed by atoms with E-state index in [9.17, 15) is 4.79 Å². The third-order valence-electron chi connectivity index (χ3n) is 6.54. The molecule has 0 radical (unpaired) electrons. The van der Waals surface area contributed by atoms with Crippen molar-refractivity contribution in [1.29, 1.82) is 0 Å². The summed E-state index contributed by atoms with van der Waals surface area (Å²) in [5.74, 6) is 1.44. The molecule has 6 nitrogen and oxygen atoms in total. The number of nitrogens with two attached hydrogens (primary N) is 1. The van der Waals surface area contributed by atoms with E-state index in [1.54, 1.807) is 0 Å². The van der Waals surface area contributed by atoms with Gasteiger partial charge in [-0.2, -0.15) is 0 Å². The number of carbonyl (C=O) groups is 1. The van der Waals surface area contributed by atoms with Gasteiger partial charge in [-0.25, -0.2) is 4.79 Å². The number of amides is 1. The predicted octanol–water partition coefficient (Wildman–Crippen LogP) is 3.43. The first-order valence-corrected chi connectivity index (χ1v) is 11.1. The van der Waals surface area contributed by atoms with Gasteiger partial charge in [-0.1, -0.05) is 0 Å². The largest absolute Gasteiger partial charge is 0.444 e. The summed E-state index contributed by atoms with van der Waals surface area (Å²) in [5, 5.41) is 0. The lowest BCUT2D eigenvalue weighted by molar-refractivity contribution is 0.0168. The first-order valence-electron chi connectivity index (χ1n) is 11.1. The van der Waals surface area contributed by atoms with E-state index in [4.69, 9.17) is 10.5 Å². The van der Waals surface area contributed by atoms with Crippen LogP contribution >= 0.6 is 0 Å². The second-order valence-electron chi connectivity index (χ2n) is 10.1. The maximum absolute atomic E-state index is 12.3. The van der Waals surface area contributed by atoms with Gasteiger partial charge in [-0.3, -0.25) is 4.90 Å². The van der Waals surface area contributed by atoms with Crippen LogP contribution in [0.1, 0.15) is 40.0 Å². The molecule has 3 saturated heterocycles. The number of fused-ring (bicyclic) bond motifs is 2. The minimum absolute atomic E-state index is 0.160. The van der Waals surface area contributed by atoms with Gasteiger partial charge >= 0.3 is 6.09 Å². The summed E-state index contributed by atoms with van der Waals surface area (Å²) in [4.78, 5) is 19.4. The fraction of sp³-hybridized carbons (Fsp3) is 0.696. The second kappa shape index (κ2) is 8.05. The van der Waals surface area contributed by atoms with Crippen molar-refractivity contribution >= 4 is 17.5 Å². The smallest absolute Gasteiger partial charge is 0.410 e. The summed E-state index contributed by atoms with van der Waals surface area (Å²) in [6.07, 6.45) is 3.32. The number of piperidine rings is 2. The highest BCUT2D eigenvalue weighted by molar-refractivity contribution is 5.68. The minimum Gasteiger partial charge on any atom is -0.444 e. The lowest BCUT2D eigenvalue weighted by Gasteiger charge is -2.37. The SMILES string of the molecule is CC(C)(C)OC(=O)N1CCC(CN2CC3CC2CN(c2ccc(N)cc2)C3)CC1. The average Bonchev–Trinajstić information content (AvgIpc) is 2.94. The van der Waals surface area contributed by atoms with Crippen LogP contribution in [0.2, 0.25) is 0 Å². The van der Waals surface area contributed by atoms with Crippen LogP contribution in [0.5, 0.6) is 0 Å². The molecule has 2 unspecified atom stereocenters. The Morgan fingerprint density at radius 3 is 2.45 bits per heavy atom. The Labute approximate surface area is 175 Å². The molecule has 3 aliphatic heterocycles. The van der Waals surface area contributed by atoms with Gasteiger partial charge < -0.3 is 20.3 Å². The standard InChI is InChI=1S/C23H36N4O2/c1-23(2,3)29-22(28)25-10-8-17(9-11-25)13-26-14-18-12-21(26)16-27(15-18)20-6-4-19(24)5-7-20/h4-7,17-18,21H,8-16,24H2,1-3H3. The number of nitrogens with zero attached hydrogens (tertiary/aromatic N) is 3. The number of carbonyl (C=O) groups excluding carboxylic acids is 1. The summed E-state index contributed by atoms with van der Waals surface area (Å²) in [6, 6.07) is 8.95. The molecular weight excluding hydrogens is 364 g/mol. The number of nitrogen functional groups attached to an aromatic ring is 1. The highest BCUT2D eigenvalue weighted by Gasteiger charge is 2.39. The van der Waals surface area contributed by atoms with Gasteiger partial charge in [0.15, 0.2) is 0 Å². The molecule has 2 atom stereocenters. The molecule has 3 heterocycles. The average molecular weight is 401 g/mol. The third-order valence-corrected chi connectivity index (χ3v) is 6.54. The molecule has 29 heavy (non-hydrogen) atoms. The summed E-state index contributed by atoms with van der Waals surface area (Å²) < 4.78 is 5.53. The fourth-order valence-corrected chi connectivity index (χ4v) is 5.13. The first kappa shape index (κ1) is 20.3. The van der Waals surface area contributed by atoms with Gasteiger partial charge in [0.1, 0.15) is 5.60 Å². The van der Waals surface area contributed by atoms with Gasteiger partial charge in [-0.05, 0) is 76.1 Å². The number of hydrogen-bond acceptors (Lipinski definition) is 5. The summed E-state index contributed by atoms with van der Waals surface area (Å²) >= 11 is 0. The number of benzene rings is 1. The number of likely N-dealkylation sites (tertiary alicyclic amines) is 2. The van der Waals surface area contributed by atoms with Gasteiger partial charge in [0, 0.05) is 56.7 Å². The second-order valence-corrected chi connectivity index (χ2v) is 10.1. The van der Waals surface area contributed by atoms with Crippen molar-refractivity contribution in [3.05, 3.63) is 24.3 Å². The molecule has 6 heteroatoms. The van der Waals surface area contributed by atoms with Crippen LogP contribution in [0.4, 0.5) is 16.2 Å². The normalized spacial score (nSPS) is 26.0. The van der Waals surface area contributed by atoms with E-state index >= 15 is 0 Å². The molecular formula is C23H36N4O2. The molecule has 3 fully saturated rings. The molecule has 0 aliphatic carbocycles. The first-order chi connectivity index (χ1) is 13.8. The monoisotopic (exact) mass is 400 g/mol. The molecule has 2 bridgehead atoms.